The maximum Gasteiger partial charge on any atom is 0.254 e. The molecule has 1 atom stereocenters. The Kier molecular flexibility index (Phi) is 5.87. The van der Waals surface area contributed by atoms with E-state index in [2.05, 4.69) is 24.5 Å². The third-order valence-corrected chi connectivity index (χ3v) is 6.26. The van der Waals surface area contributed by atoms with Crippen LogP contribution in [-0.4, -0.2) is 18.8 Å². The first-order valence-electron chi connectivity index (χ1n) is 10.6. The van der Waals surface area contributed by atoms with Crippen molar-refractivity contribution in [3.63, 3.8) is 0 Å². The first-order valence-corrected chi connectivity index (χ1v) is 11.0. The van der Waals surface area contributed by atoms with E-state index in [1.54, 1.807) is 25.3 Å². The molecule has 0 aromatic heterocycles. The Morgan fingerprint density at radius 2 is 1.91 bits per heavy atom. The van der Waals surface area contributed by atoms with Gasteiger partial charge in [0.2, 0.25) is 0 Å². The number of amides is 1. The van der Waals surface area contributed by atoms with Gasteiger partial charge in [0, 0.05) is 39.9 Å². The molecule has 1 aliphatic carbocycles. The van der Waals surface area contributed by atoms with Gasteiger partial charge in [-0.15, -0.1) is 0 Å². The molecule has 32 heavy (non-hydrogen) atoms. The molecule has 2 aromatic rings. The number of dihydropyridines is 1. The van der Waals surface area contributed by atoms with Crippen molar-refractivity contribution in [3.05, 3.63) is 81.7 Å². The van der Waals surface area contributed by atoms with E-state index >= 15 is 0 Å². The highest BCUT2D eigenvalue weighted by Crippen LogP contribution is 2.47. The minimum atomic E-state index is -0.497. The second-order valence-electron chi connectivity index (χ2n) is 9.14. The monoisotopic (exact) mass is 450 g/mol. The zero-order valence-electron chi connectivity index (χ0n) is 18.7. The number of para-hydroxylation sites is 2. The van der Waals surface area contributed by atoms with Crippen LogP contribution >= 0.6 is 11.6 Å². The lowest BCUT2D eigenvalue weighted by atomic mass is 9.68. The molecule has 0 spiro atoms. The van der Waals surface area contributed by atoms with Crippen molar-refractivity contribution in [2.75, 3.05) is 12.4 Å². The van der Waals surface area contributed by atoms with Crippen LogP contribution in [0, 0.1) is 5.41 Å². The molecule has 2 aliphatic rings. The number of carbonyl (C=O) groups excluding carboxylic acids is 2. The molecule has 6 heteroatoms. The van der Waals surface area contributed by atoms with Crippen LogP contribution in [0.5, 0.6) is 5.75 Å². The topological polar surface area (TPSA) is 67.4 Å². The van der Waals surface area contributed by atoms with Crippen LogP contribution in [0.1, 0.15) is 45.1 Å². The van der Waals surface area contributed by atoms with E-state index in [0.717, 1.165) is 23.4 Å². The van der Waals surface area contributed by atoms with Crippen LogP contribution in [-0.2, 0) is 9.59 Å². The lowest BCUT2D eigenvalue weighted by molar-refractivity contribution is -0.118. The number of hydrogen-bond donors (Lipinski definition) is 2. The molecule has 0 unspecified atom stereocenters. The van der Waals surface area contributed by atoms with Crippen LogP contribution in [0.2, 0.25) is 5.02 Å². The van der Waals surface area contributed by atoms with Crippen molar-refractivity contribution in [1.29, 1.82) is 0 Å². The molecule has 2 aromatic carbocycles. The Bertz CT molecular complexity index is 1160. The summed E-state index contributed by atoms with van der Waals surface area (Å²) in [4.78, 5) is 26.9. The normalized spacial score (nSPS) is 19.9. The number of Topliss-reactive ketones (excluding diaryl/α,β-unsaturated/α-hetero) is 1. The molecule has 1 heterocycles. The maximum atomic E-state index is 13.6. The number of ketones is 1. The number of halogens is 1. The zero-order valence-corrected chi connectivity index (χ0v) is 19.5. The largest absolute Gasteiger partial charge is 0.495 e. The van der Waals surface area contributed by atoms with Crippen molar-refractivity contribution in [2.24, 2.45) is 5.41 Å². The summed E-state index contributed by atoms with van der Waals surface area (Å²) < 4.78 is 5.39. The number of rotatable bonds is 4. The summed E-state index contributed by atoms with van der Waals surface area (Å²) in [6.07, 6.45) is 1.18. The molecule has 5 nitrogen and oxygen atoms in total. The van der Waals surface area contributed by atoms with E-state index in [4.69, 9.17) is 16.3 Å². The SMILES string of the molecule is COc1ccccc1NC(=O)C1=C(C)NC2=C(C(=O)CC(C)(C)C2)[C@H]1c1cccc(Cl)c1. The molecule has 0 saturated heterocycles. The summed E-state index contributed by atoms with van der Waals surface area (Å²) in [5, 5.41) is 6.92. The summed E-state index contributed by atoms with van der Waals surface area (Å²) in [7, 11) is 1.56. The van der Waals surface area contributed by atoms with Crippen LogP contribution in [0.4, 0.5) is 5.69 Å². The molecule has 0 bridgehead atoms. The summed E-state index contributed by atoms with van der Waals surface area (Å²) in [6.45, 7) is 6.06. The van der Waals surface area contributed by atoms with E-state index in [-0.39, 0.29) is 17.1 Å². The van der Waals surface area contributed by atoms with Gasteiger partial charge in [-0.05, 0) is 48.6 Å². The third kappa shape index (κ3) is 4.17. The number of methoxy groups -OCH3 is 1. The van der Waals surface area contributed by atoms with Gasteiger partial charge in [-0.25, -0.2) is 0 Å². The standard InChI is InChI=1S/C26H27ClN2O3/c1-15-22(25(31)29-18-10-5-6-11-21(18)32-4)23(16-8-7-9-17(27)12-16)24-19(28-15)13-26(2,3)14-20(24)30/h5-12,23,28H,13-14H2,1-4H3,(H,29,31)/t23-/m0/s1. The van der Waals surface area contributed by atoms with E-state index < -0.39 is 5.92 Å². The van der Waals surface area contributed by atoms with Gasteiger partial charge in [-0.1, -0.05) is 49.7 Å². The Balaban J connectivity index is 1.82. The van der Waals surface area contributed by atoms with Crippen LogP contribution in [0.25, 0.3) is 0 Å². The predicted molar refractivity (Wildman–Crippen MR) is 127 cm³/mol. The van der Waals surface area contributed by atoms with Crippen molar-refractivity contribution in [1.82, 2.24) is 5.32 Å². The first kappa shape index (κ1) is 22.2. The van der Waals surface area contributed by atoms with Crippen molar-refractivity contribution in [3.8, 4) is 5.75 Å². The lowest BCUT2D eigenvalue weighted by Gasteiger charge is -2.39. The predicted octanol–water partition coefficient (Wildman–Crippen LogP) is 5.59. The van der Waals surface area contributed by atoms with Gasteiger partial charge in [-0.3, -0.25) is 9.59 Å². The number of hydrogen-bond acceptors (Lipinski definition) is 4. The molecule has 0 radical (unpaired) electrons. The summed E-state index contributed by atoms with van der Waals surface area (Å²) in [5.74, 6) is -0.154. The molecular weight excluding hydrogens is 424 g/mol. The van der Waals surface area contributed by atoms with Crippen molar-refractivity contribution < 1.29 is 14.3 Å². The highest BCUT2D eigenvalue weighted by atomic mass is 35.5. The second-order valence-corrected chi connectivity index (χ2v) is 9.58. The summed E-state index contributed by atoms with van der Waals surface area (Å²) in [5.41, 5.74) is 4.03. The third-order valence-electron chi connectivity index (χ3n) is 6.02. The Hall–Kier alpha value is -3.05. The number of allylic oxidation sites excluding steroid dienone is 3. The average molecular weight is 451 g/mol. The highest BCUT2D eigenvalue weighted by molar-refractivity contribution is 6.30. The molecule has 2 N–H and O–H groups in total. The molecule has 4 rings (SSSR count). The van der Waals surface area contributed by atoms with Gasteiger partial charge in [-0.2, -0.15) is 0 Å². The molecule has 1 amide bonds. The van der Waals surface area contributed by atoms with E-state index in [1.807, 2.05) is 37.3 Å². The van der Waals surface area contributed by atoms with Gasteiger partial charge >= 0.3 is 0 Å². The molecular formula is C26H27ClN2O3. The highest BCUT2D eigenvalue weighted by Gasteiger charge is 2.42. The van der Waals surface area contributed by atoms with E-state index in [0.29, 0.717) is 34.0 Å². The van der Waals surface area contributed by atoms with E-state index in [1.165, 1.54) is 0 Å². The van der Waals surface area contributed by atoms with Crippen LogP contribution < -0.4 is 15.4 Å². The summed E-state index contributed by atoms with van der Waals surface area (Å²) in [6, 6.07) is 14.6. The lowest BCUT2D eigenvalue weighted by Crippen LogP contribution is -2.39. The van der Waals surface area contributed by atoms with Gasteiger partial charge in [0.05, 0.1) is 12.8 Å². The number of nitrogens with one attached hydrogen (secondary N) is 2. The first-order chi connectivity index (χ1) is 15.2. The van der Waals surface area contributed by atoms with Crippen molar-refractivity contribution >= 4 is 29.0 Å². The number of ether oxygens (including phenoxy) is 1. The molecule has 1 aliphatic heterocycles. The maximum absolute atomic E-state index is 13.6. The average Bonchev–Trinajstić information content (AvgIpc) is 2.72. The summed E-state index contributed by atoms with van der Waals surface area (Å²) >= 11 is 6.30. The quantitative estimate of drug-likeness (QED) is 0.637. The second kappa shape index (κ2) is 8.47. The van der Waals surface area contributed by atoms with Gasteiger partial charge in [0.15, 0.2) is 5.78 Å². The van der Waals surface area contributed by atoms with Gasteiger partial charge < -0.3 is 15.4 Å². The fraction of sp³-hybridized carbons (Fsp3) is 0.308. The smallest absolute Gasteiger partial charge is 0.254 e. The minimum absolute atomic E-state index is 0.0591. The minimum Gasteiger partial charge on any atom is -0.495 e. The zero-order chi connectivity index (χ0) is 23.0. The van der Waals surface area contributed by atoms with E-state index in [9.17, 15) is 9.59 Å². The Morgan fingerprint density at radius 1 is 1.16 bits per heavy atom. The number of benzene rings is 2. The Morgan fingerprint density at radius 3 is 2.62 bits per heavy atom. The van der Waals surface area contributed by atoms with Crippen molar-refractivity contribution in [2.45, 2.75) is 39.5 Å². The van der Waals surface area contributed by atoms with Gasteiger partial charge in [0.25, 0.3) is 5.91 Å². The molecule has 0 saturated carbocycles. The Labute approximate surface area is 193 Å². The number of carbonyl (C=O) groups is 2. The van der Waals surface area contributed by atoms with Crippen LogP contribution in [0.15, 0.2) is 71.1 Å². The van der Waals surface area contributed by atoms with Crippen LogP contribution in [0.3, 0.4) is 0 Å². The fourth-order valence-electron chi connectivity index (χ4n) is 4.69. The molecule has 0 fully saturated rings. The van der Waals surface area contributed by atoms with Gasteiger partial charge in [0.1, 0.15) is 5.75 Å². The number of anilines is 1. The molecule has 166 valence electrons. The fourth-order valence-corrected chi connectivity index (χ4v) is 4.89.